The van der Waals surface area contributed by atoms with Gasteiger partial charge < -0.3 is 9.72 Å². The van der Waals surface area contributed by atoms with Crippen LogP contribution >= 0.6 is 0 Å². The van der Waals surface area contributed by atoms with Gasteiger partial charge in [-0.05, 0) is 25.0 Å². The maximum absolute atomic E-state index is 13.6. The fourth-order valence-electron chi connectivity index (χ4n) is 3.50. The third-order valence-electron chi connectivity index (χ3n) is 4.72. The summed E-state index contributed by atoms with van der Waals surface area (Å²) in [5, 5.41) is 9.26. The number of ether oxygens (including phenoxy) is 1. The minimum absolute atomic E-state index is 0.0153. The van der Waals surface area contributed by atoms with Crippen LogP contribution in [0.3, 0.4) is 0 Å². The predicted octanol–water partition coefficient (Wildman–Crippen LogP) is 2.76. The van der Waals surface area contributed by atoms with Crippen LogP contribution in [0.2, 0.25) is 0 Å². The highest BCUT2D eigenvalue weighted by Crippen LogP contribution is 2.39. The van der Waals surface area contributed by atoms with Crippen molar-refractivity contribution < 1.29 is 17.9 Å². The number of nitrogens with one attached hydrogen (secondary N) is 1. The Bertz CT molecular complexity index is 1250. The zero-order chi connectivity index (χ0) is 19.5. The number of pyridine rings is 1. The molecule has 1 atom stereocenters. The summed E-state index contributed by atoms with van der Waals surface area (Å²) in [6, 6.07) is 5.24. The van der Waals surface area contributed by atoms with E-state index in [1.54, 1.807) is 28.9 Å². The number of aromatic amines is 1. The summed E-state index contributed by atoms with van der Waals surface area (Å²) in [5.41, 5.74) is -1.45. The Labute approximate surface area is 154 Å². The van der Waals surface area contributed by atoms with E-state index < -0.39 is 29.4 Å². The first-order valence-corrected chi connectivity index (χ1v) is 8.57. The Balaban J connectivity index is 1.88. The molecule has 4 aromatic heterocycles. The van der Waals surface area contributed by atoms with Gasteiger partial charge in [0.05, 0.1) is 22.2 Å². The lowest BCUT2D eigenvalue weighted by Crippen LogP contribution is -2.18. The molecule has 11 heteroatoms. The smallest absolute Gasteiger partial charge is 0.356 e. The van der Waals surface area contributed by atoms with E-state index in [9.17, 15) is 18.0 Å². The summed E-state index contributed by atoms with van der Waals surface area (Å²) in [6.45, 7) is 0.536. The molecule has 5 rings (SSSR count). The van der Waals surface area contributed by atoms with Crippen molar-refractivity contribution in [2.24, 2.45) is 0 Å². The van der Waals surface area contributed by atoms with Gasteiger partial charge in [-0.2, -0.15) is 18.3 Å². The van der Waals surface area contributed by atoms with Crippen molar-refractivity contribution in [2.45, 2.75) is 25.2 Å². The lowest BCUT2D eigenvalue weighted by Gasteiger charge is -2.11. The Morgan fingerprint density at radius 1 is 1.25 bits per heavy atom. The minimum Gasteiger partial charge on any atom is -0.356 e. The lowest BCUT2D eigenvalue weighted by atomic mass is 10.1. The van der Waals surface area contributed by atoms with E-state index in [1.807, 2.05) is 0 Å². The molecule has 1 aliphatic rings. The molecule has 0 amide bonds. The van der Waals surface area contributed by atoms with Gasteiger partial charge in [0.1, 0.15) is 5.69 Å². The van der Waals surface area contributed by atoms with E-state index in [-0.39, 0.29) is 5.69 Å². The molecule has 1 fully saturated rings. The fraction of sp³-hybridized carbons (Fsp3) is 0.294. The van der Waals surface area contributed by atoms with Crippen molar-refractivity contribution in [2.75, 3.05) is 6.61 Å². The third-order valence-corrected chi connectivity index (χ3v) is 4.72. The van der Waals surface area contributed by atoms with E-state index in [2.05, 4.69) is 20.2 Å². The van der Waals surface area contributed by atoms with Crippen LogP contribution in [0.5, 0.6) is 0 Å². The highest BCUT2D eigenvalue weighted by molar-refractivity contribution is 6.02. The lowest BCUT2D eigenvalue weighted by molar-refractivity contribution is -0.137. The Morgan fingerprint density at radius 3 is 2.86 bits per heavy atom. The topological polar surface area (TPSA) is 90.1 Å². The monoisotopic (exact) mass is 390 g/mol. The van der Waals surface area contributed by atoms with Gasteiger partial charge in [0.15, 0.2) is 11.9 Å². The second-order valence-corrected chi connectivity index (χ2v) is 6.46. The standard InChI is InChI=1S/C17H13F3N6O2/c18-17(19,20)9-8-21-16(27)22-13(9)14-12-10-4-1-2-6-25(10)24-15(12)26(23-14)11-5-3-7-28-11/h1-2,4,6,8,11H,3,5,7H2,(H,21,22,27). The zero-order valence-electron chi connectivity index (χ0n) is 14.3. The number of hydrogen-bond acceptors (Lipinski definition) is 5. The zero-order valence-corrected chi connectivity index (χ0v) is 14.3. The molecule has 5 heterocycles. The normalized spacial score (nSPS) is 17.8. The van der Waals surface area contributed by atoms with Crippen LogP contribution in [-0.2, 0) is 10.9 Å². The molecule has 4 aromatic rings. The van der Waals surface area contributed by atoms with E-state index in [4.69, 9.17) is 4.74 Å². The number of rotatable bonds is 2. The highest BCUT2D eigenvalue weighted by Gasteiger charge is 2.37. The van der Waals surface area contributed by atoms with E-state index in [0.717, 1.165) is 6.42 Å². The summed E-state index contributed by atoms with van der Waals surface area (Å²) in [7, 11) is 0. The Hall–Kier alpha value is -3.21. The average Bonchev–Trinajstić information content (AvgIpc) is 3.36. The molecule has 28 heavy (non-hydrogen) atoms. The van der Waals surface area contributed by atoms with Crippen molar-refractivity contribution in [3.8, 4) is 11.4 Å². The van der Waals surface area contributed by atoms with Crippen LogP contribution in [0.4, 0.5) is 13.2 Å². The van der Waals surface area contributed by atoms with Gasteiger partial charge in [0, 0.05) is 19.0 Å². The first kappa shape index (κ1) is 16.9. The molecule has 0 aromatic carbocycles. The van der Waals surface area contributed by atoms with Crippen molar-refractivity contribution in [3.63, 3.8) is 0 Å². The number of nitrogens with zero attached hydrogens (tertiary/aromatic N) is 5. The molecule has 8 nitrogen and oxygen atoms in total. The van der Waals surface area contributed by atoms with E-state index in [0.29, 0.717) is 35.8 Å². The van der Waals surface area contributed by atoms with Crippen LogP contribution in [0.15, 0.2) is 35.4 Å². The highest BCUT2D eigenvalue weighted by atomic mass is 19.4. The second-order valence-electron chi connectivity index (χ2n) is 6.46. The average molecular weight is 390 g/mol. The number of halogens is 3. The van der Waals surface area contributed by atoms with Gasteiger partial charge in [-0.1, -0.05) is 6.07 Å². The van der Waals surface area contributed by atoms with Crippen molar-refractivity contribution in [3.05, 3.63) is 46.6 Å². The van der Waals surface area contributed by atoms with Crippen LogP contribution in [0.25, 0.3) is 27.9 Å². The summed E-state index contributed by atoms with van der Waals surface area (Å²) < 4.78 is 49.4. The van der Waals surface area contributed by atoms with Crippen molar-refractivity contribution >= 4 is 16.6 Å². The largest absolute Gasteiger partial charge is 0.419 e. The molecule has 0 spiro atoms. The minimum atomic E-state index is -4.71. The Kier molecular flexibility index (Phi) is 3.56. The Morgan fingerprint density at radius 2 is 2.11 bits per heavy atom. The molecule has 0 bridgehead atoms. The molecule has 1 aliphatic heterocycles. The molecular weight excluding hydrogens is 377 g/mol. The summed E-state index contributed by atoms with van der Waals surface area (Å²) in [6.07, 6.45) is -1.44. The molecule has 1 saturated heterocycles. The van der Waals surface area contributed by atoms with Crippen molar-refractivity contribution in [1.29, 1.82) is 0 Å². The summed E-state index contributed by atoms with van der Waals surface area (Å²) in [5.74, 6) is 0. The van der Waals surface area contributed by atoms with Gasteiger partial charge in [0.25, 0.3) is 0 Å². The van der Waals surface area contributed by atoms with Crippen molar-refractivity contribution in [1.82, 2.24) is 29.4 Å². The molecule has 0 saturated carbocycles. The van der Waals surface area contributed by atoms with Gasteiger partial charge in [0.2, 0.25) is 0 Å². The van der Waals surface area contributed by atoms with E-state index >= 15 is 0 Å². The first-order valence-electron chi connectivity index (χ1n) is 8.57. The van der Waals surface area contributed by atoms with Crippen LogP contribution in [-0.4, -0.2) is 36.0 Å². The SMILES string of the molecule is O=c1ncc(C(F)(F)F)c(-c2nn(C3CCCO3)c3nn4ccccc4c23)[nH]1. The molecule has 144 valence electrons. The maximum atomic E-state index is 13.6. The van der Waals surface area contributed by atoms with Crippen LogP contribution in [0, 0.1) is 0 Å². The van der Waals surface area contributed by atoms with Crippen LogP contribution in [0.1, 0.15) is 24.6 Å². The fourth-order valence-corrected chi connectivity index (χ4v) is 3.50. The summed E-state index contributed by atoms with van der Waals surface area (Å²) in [4.78, 5) is 17.2. The first-order chi connectivity index (χ1) is 13.4. The maximum Gasteiger partial charge on any atom is 0.419 e. The number of hydrogen-bond donors (Lipinski definition) is 1. The van der Waals surface area contributed by atoms with Gasteiger partial charge >= 0.3 is 11.9 Å². The van der Waals surface area contributed by atoms with Gasteiger partial charge in [-0.3, -0.25) is 0 Å². The molecule has 0 radical (unpaired) electrons. The molecule has 1 unspecified atom stereocenters. The molecular formula is C17H13F3N6O2. The predicted molar refractivity (Wildman–Crippen MR) is 91.6 cm³/mol. The summed E-state index contributed by atoms with van der Waals surface area (Å²) >= 11 is 0. The van der Waals surface area contributed by atoms with Gasteiger partial charge in [-0.25, -0.2) is 19.0 Å². The molecule has 0 aliphatic carbocycles. The third kappa shape index (κ3) is 2.50. The quantitative estimate of drug-likeness (QED) is 0.568. The number of alkyl halides is 3. The number of fused-ring (bicyclic) bond motifs is 3. The number of aromatic nitrogens is 6. The van der Waals surface area contributed by atoms with Gasteiger partial charge in [-0.15, -0.1) is 5.10 Å². The van der Waals surface area contributed by atoms with Crippen LogP contribution < -0.4 is 5.69 Å². The molecule has 1 N–H and O–H groups in total. The second kappa shape index (κ2) is 5.89. The van der Waals surface area contributed by atoms with E-state index in [1.165, 1.54) is 4.68 Å². The number of H-pyrrole nitrogens is 1.